The molecular weight excluding hydrogens is 143 g/mol. The van der Waals surface area contributed by atoms with Crippen molar-refractivity contribution in [3.63, 3.8) is 0 Å². The monoisotopic (exact) mass is 147 g/mol. The number of nitro benzene ring substituents is 1. The largest absolute Gasteiger partial charge is 0.269 e. The summed E-state index contributed by atoms with van der Waals surface area (Å²) in [6.07, 6.45) is 0. The number of hydrogen-bond donors (Lipinski definition) is 0. The Balaban J connectivity index is 3.00. The maximum atomic E-state index is 12.1. The molecule has 1 rings (SSSR count). The second kappa shape index (κ2) is 2.43. The molecule has 0 aliphatic rings. The average Bonchev–Trinajstić information content (AvgIpc) is 1.88. The fourth-order valence-corrected chi connectivity index (χ4v) is 0.563. The van der Waals surface area contributed by atoms with Crippen LogP contribution in [0.15, 0.2) is 24.3 Å². The van der Waals surface area contributed by atoms with Gasteiger partial charge >= 0.3 is 0 Å². The highest BCUT2D eigenvalue weighted by Gasteiger charge is 2.01. The molecule has 0 bridgehead atoms. The molecule has 0 saturated heterocycles. The molecule has 4 heteroatoms. The SMILES string of the molecule is O=[N+]([O-])[13c]1[13cH][13cH][13c](F)[13cH][13cH]1. The van der Waals surface area contributed by atoms with Crippen molar-refractivity contribution >= 4 is 5.69 Å². The summed E-state index contributed by atoms with van der Waals surface area (Å²) < 4.78 is 12.1. The van der Waals surface area contributed by atoms with Crippen LogP contribution in [0.5, 0.6) is 0 Å². The van der Waals surface area contributed by atoms with Gasteiger partial charge in [0.15, 0.2) is 0 Å². The van der Waals surface area contributed by atoms with Gasteiger partial charge < -0.3 is 0 Å². The van der Waals surface area contributed by atoms with E-state index in [1.54, 1.807) is 0 Å². The van der Waals surface area contributed by atoms with Crippen molar-refractivity contribution in [1.82, 2.24) is 0 Å². The van der Waals surface area contributed by atoms with Crippen molar-refractivity contribution in [1.29, 1.82) is 0 Å². The van der Waals surface area contributed by atoms with Crippen molar-refractivity contribution in [2.45, 2.75) is 0 Å². The molecule has 1 aromatic carbocycles. The minimum Gasteiger partial charge on any atom is -0.258 e. The van der Waals surface area contributed by atoms with Gasteiger partial charge in [0.2, 0.25) is 0 Å². The number of benzene rings is 1. The summed E-state index contributed by atoms with van der Waals surface area (Å²) in [7, 11) is 0. The third-order valence-corrected chi connectivity index (χ3v) is 1.04. The van der Waals surface area contributed by atoms with E-state index in [1.165, 1.54) is 0 Å². The lowest BCUT2D eigenvalue weighted by molar-refractivity contribution is -0.384. The van der Waals surface area contributed by atoms with Gasteiger partial charge in [0.25, 0.3) is 5.69 Å². The minimum absolute atomic E-state index is 0.0959. The van der Waals surface area contributed by atoms with E-state index in [9.17, 15) is 14.5 Å². The number of rotatable bonds is 1. The Labute approximate surface area is 56.2 Å². The van der Waals surface area contributed by atoms with E-state index in [4.69, 9.17) is 0 Å². The lowest BCUT2D eigenvalue weighted by Gasteiger charge is -1.87. The van der Waals surface area contributed by atoms with E-state index in [0.717, 1.165) is 24.3 Å². The van der Waals surface area contributed by atoms with Crippen LogP contribution in [0.25, 0.3) is 0 Å². The Morgan fingerprint density at radius 3 is 2.20 bits per heavy atom. The summed E-state index contributed by atoms with van der Waals surface area (Å²) >= 11 is 0. The summed E-state index contributed by atoms with van der Waals surface area (Å²) in [6.45, 7) is 0. The van der Waals surface area contributed by atoms with Gasteiger partial charge in [0, 0.05) is 12.1 Å². The first kappa shape index (κ1) is 6.67. The molecule has 0 saturated carbocycles. The average molecular weight is 147 g/mol. The molecule has 0 amide bonds. The highest BCUT2D eigenvalue weighted by molar-refractivity contribution is 5.28. The normalized spacial score (nSPS) is 9.30. The predicted molar refractivity (Wildman–Crippen MR) is 33.1 cm³/mol. The van der Waals surface area contributed by atoms with E-state index in [-0.39, 0.29) is 5.69 Å². The first-order valence-electron chi connectivity index (χ1n) is 2.60. The van der Waals surface area contributed by atoms with E-state index in [0.29, 0.717) is 0 Å². The Morgan fingerprint density at radius 1 is 1.30 bits per heavy atom. The molecule has 0 aliphatic heterocycles. The maximum absolute atomic E-state index is 12.1. The molecule has 10 heavy (non-hydrogen) atoms. The van der Waals surface area contributed by atoms with E-state index >= 15 is 0 Å². The zero-order chi connectivity index (χ0) is 7.56. The molecule has 3 nitrogen and oxygen atoms in total. The quantitative estimate of drug-likeness (QED) is 0.448. The molecular formula is C6H4FNO2. The summed E-state index contributed by atoms with van der Waals surface area (Å²) in [6, 6.07) is 4.35. The van der Waals surface area contributed by atoms with Gasteiger partial charge in [0.1, 0.15) is 5.82 Å². The molecule has 0 spiro atoms. The molecule has 0 N–H and O–H groups in total. The van der Waals surface area contributed by atoms with Crippen LogP contribution in [0.4, 0.5) is 10.1 Å². The van der Waals surface area contributed by atoms with E-state index in [1.807, 2.05) is 0 Å². The third-order valence-electron chi connectivity index (χ3n) is 1.04. The standard InChI is InChI=1S/C6H4FNO2/c7-5-1-3-6(4-2-5)8(9)10/h1-4H/i1+1,2+1,3+1,4+1,5+1,6+1. The Morgan fingerprint density at radius 2 is 1.80 bits per heavy atom. The summed E-state index contributed by atoms with van der Waals surface area (Å²) in [5.41, 5.74) is -0.0959. The summed E-state index contributed by atoms with van der Waals surface area (Å²) in [5, 5.41) is 10.00. The molecule has 0 fully saturated rings. The Kier molecular flexibility index (Phi) is 1.62. The third kappa shape index (κ3) is 1.28. The van der Waals surface area contributed by atoms with Crippen molar-refractivity contribution in [3.05, 3.63) is 40.2 Å². The van der Waals surface area contributed by atoms with Crippen molar-refractivity contribution in [2.75, 3.05) is 0 Å². The first-order chi connectivity index (χ1) is 4.70. The second-order valence-electron chi connectivity index (χ2n) is 1.73. The van der Waals surface area contributed by atoms with Gasteiger partial charge in [-0.15, -0.1) is 0 Å². The van der Waals surface area contributed by atoms with Gasteiger partial charge in [-0.1, -0.05) is 0 Å². The summed E-state index contributed by atoms with van der Waals surface area (Å²) in [5.74, 6) is -0.467. The van der Waals surface area contributed by atoms with Crippen LogP contribution in [0.2, 0.25) is 0 Å². The van der Waals surface area contributed by atoms with Gasteiger partial charge in [-0.3, -0.25) is 10.1 Å². The fraction of sp³-hybridized carbons (Fsp3) is 0. The lowest BCUT2D eigenvalue weighted by Crippen LogP contribution is -1.86. The van der Waals surface area contributed by atoms with Gasteiger partial charge in [-0.25, -0.2) is 4.39 Å². The van der Waals surface area contributed by atoms with Crippen LogP contribution in [0, 0.1) is 15.9 Å². The van der Waals surface area contributed by atoms with Crippen LogP contribution in [-0.2, 0) is 0 Å². The topological polar surface area (TPSA) is 43.1 Å². The van der Waals surface area contributed by atoms with Crippen molar-refractivity contribution in [3.8, 4) is 0 Å². The number of halogens is 1. The number of hydrogen-bond acceptors (Lipinski definition) is 2. The highest BCUT2D eigenvalue weighted by Crippen LogP contribution is 2.09. The molecule has 52 valence electrons. The van der Waals surface area contributed by atoms with Crippen LogP contribution < -0.4 is 0 Å². The molecule has 0 atom stereocenters. The van der Waals surface area contributed by atoms with Gasteiger partial charge in [-0.05, 0) is 12.1 Å². The Bertz CT molecular complexity index is 244. The van der Waals surface area contributed by atoms with Crippen molar-refractivity contribution in [2.24, 2.45) is 0 Å². The number of nitro groups is 1. The van der Waals surface area contributed by atoms with Gasteiger partial charge in [-0.2, -0.15) is 0 Å². The maximum Gasteiger partial charge on any atom is 0.269 e. The first-order valence-corrected chi connectivity index (χ1v) is 2.60. The molecule has 0 aliphatic carbocycles. The fourth-order valence-electron chi connectivity index (χ4n) is 0.563. The Hall–Kier alpha value is -1.45. The van der Waals surface area contributed by atoms with Crippen LogP contribution in [0.3, 0.4) is 0 Å². The smallest absolute Gasteiger partial charge is 0.258 e. The predicted octanol–water partition coefficient (Wildman–Crippen LogP) is 1.73. The number of nitrogens with zero attached hydrogens (tertiary/aromatic N) is 1. The zero-order valence-corrected chi connectivity index (χ0v) is 4.95. The van der Waals surface area contributed by atoms with E-state index < -0.39 is 10.7 Å². The molecule has 0 aromatic heterocycles. The second-order valence-corrected chi connectivity index (χ2v) is 1.73. The van der Waals surface area contributed by atoms with Crippen LogP contribution in [-0.4, -0.2) is 4.92 Å². The molecule has 1 aromatic rings. The molecule has 0 unspecified atom stereocenters. The van der Waals surface area contributed by atoms with Crippen LogP contribution >= 0.6 is 0 Å². The zero-order valence-electron chi connectivity index (χ0n) is 4.95. The highest BCUT2D eigenvalue weighted by atomic mass is 19.2. The molecule has 0 heterocycles. The lowest BCUT2D eigenvalue weighted by atomic mass is 11.3. The molecule has 0 radical (unpaired) electrons. The van der Waals surface area contributed by atoms with Crippen LogP contribution in [0.1, 0.15) is 0 Å². The van der Waals surface area contributed by atoms with E-state index in [2.05, 4.69) is 0 Å². The minimum atomic E-state index is -0.570. The van der Waals surface area contributed by atoms with Crippen molar-refractivity contribution < 1.29 is 9.31 Å². The number of non-ortho nitro benzene ring substituents is 1. The summed E-state index contributed by atoms with van der Waals surface area (Å²) in [4.78, 5) is 9.43. The van der Waals surface area contributed by atoms with Gasteiger partial charge in [0.05, 0.1) is 4.92 Å².